The van der Waals surface area contributed by atoms with Crippen LogP contribution in [0.25, 0.3) is 0 Å². The predicted molar refractivity (Wildman–Crippen MR) is 84.7 cm³/mol. The number of rotatable bonds is 2. The second-order valence-electron chi connectivity index (χ2n) is 6.71. The van der Waals surface area contributed by atoms with E-state index in [2.05, 4.69) is 19.2 Å². The lowest BCUT2D eigenvalue weighted by Crippen LogP contribution is -2.40. The minimum absolute atomic E-state index is 0.635. The lowest BCUT2D eigenvalue weighted by atomic mass is 9.86. The van der Waals surface area contributed by atoms with Crippen LogP contribution in [0.5, 0.6) is 0 Å². The molecule has 0 bridgehead atoms. The van der Waals surface area contributed by atoms with Crippen LogP contribution in [0.4, 0.5) is 0 Å². The number of nitrogens with zero attached hydrogens (tertiary/aromatic N) is 1. The molecule has 5 atom stereocenters. The van der Waals surface area contributed by atoms with Gasteiger partial charge in [0.05, 0.1) is 6.04 Å². The van der Waals surface area contributed by atoms with Gasteiger partial charge in [-0.15, -0.1) is 0 Å². The van der Waals surface area contributed by atoms with Gasteiger partial charge in [0.25, 0.3) is 0 Å². The maximum Gasteiger partial charge on any atom is 0.157 e. The number of amidine groups is 1. The molecule has 3 aliphatic rings. The van der Waals surface area contributed by atoms with Crippen LogP contribution in [-0.2, 0) is 0 Å². The number of aliphatic imine (C=N–C) groups is 1. The molecule has 1 aliphatic heterocycles. The van der Waals surface area contributed by atoms with Gasteiger partial charge in [0.2, 0.25) is 0 Å². The number of fused-ring (bicyclic) bond motifs is 1. The number of hydrogen-bond donors (Lipinski definition) is 1. The van der Waals surface area contributed by atoms with E-state index in [1.807, 2.05) is 11.8 Å². The van der Waals surface area contributed by atoms with E-state index in [0.29, 0.717) is 12.1 Å². The first-order chi connectivity index (χ1) is 9.28. The predicted octanol–water partition coefficient (Wildman–Crippen LogP) is 4.06. The van der Waals surface area contributed by atoms with Crippen LogP contribution in [0.2, 0.25) is 0 Å². The molecule has 2 fully saturated rings. The molecule has 0 spiro atoms. The molecule has 2 saturated carbocycles. The highest BCUT2D eigenvalue weighted by Gasteiger charge is 2.34. The third-order valence-corrected chi connectivity index (χ3v) is 6.74. The Balaban J connectivity index is 1.59. The fourth-order valence-electron chi connectivity index (χ4n) is 4.19. The van der Waals surface area contributed by atoms with E-state index in [1.165, 1.54) is 55.9 Å². The van der Waals surface area contributed by atoms with Crippen molar-refractivity contribution in [3.05, 3.63) is 0 Å². The quantitative estimate of drug-likeness (QED) is 0.825. The molecule has 2 nitrogen and oxygen atoms in total. The van der Waals surface area contributed by atoms with Gasteiger partial charge in [-0.05, 0) is 43.4 Å². The molecule has 0 radical (unpaired) electrons. The maximum atomic E-state index is 5.02. The summed E-state index contributed by atoms with van der Waals surface area (Å²) in [5.41, 5.74) is 0. The van der Waals surface area contributed by atoms with Crippen LogP contribution >= 0.6 is 11.8 Å². The van der Waals surface area contributed by atoms with Crippen LogP contribution in [0.1, 0.15) is 58.8 Å². The SMILES string of the molecule is CCC1CCC(NC2=NC3CCCCC3CS2)C1C. The number of thioether (sulfide) groups is 1. The summed E-state index contributed by atoms with van der Waals surface area (Å²) < 4.78 is 0. The molecule has 1 heterocycles. The van der Waals surface area contributed by atoms with Gasteiger partial charge < -0.3 is 5.32 Å². The van der Waals surface area contributed by atoms with Crippen molar-refractivity contribution in [2.75, 3.05) is 5.75 Å². The van der Waals surface area contributed by atoms with Crippen molar-refractivity contribution in [3.8, 4) is 0 Å². The van der Waals surface area contributed by atoms with Gasteiger partial charge in [0.1, 0.15) is 0 Å². The van der Waals surface area contributed by atoms with Gasteiger partial charge in [0.15, 0.2) is 5.17 Å². The standard InChI is InChI=1S/C16H28N2S/c1-3-12-8-9-14(11(12)2)17-16-18-15-7-5-4-6-13(15)10-19-16/h11-15H,3-10H2,1-2H3,(H,17,18). The van der Waals surface area contributed by atoms with Gasteiger partial charge in [-0.2, -0.15) is 0 Å². The van der Waals surface area contributed by atoms with E-state index in [0.717, 1.165) is 17.8 Å². The van der Waals surface area contributed by atoms with E-state index >= 15 is 0 Å². The monoisotopic (exact) mass is 280 g/mol. The van der Waals surface area contributed by atoms with Crippen LogP contribution < -0.4 is 5.32 Å². The van der Waals surface area contributed by atoms with Crippen molar-refractivity contribution in [1.82, 2.24) is 5.32 Å². The second kappa shape index (κ2) is 6.07. The van der Waals surface area contributed by atoms with E-state index in [4.69, 9.17) is 4.99 Å². The Hall–Kier alpha value is -0.180. The smallest absolute Gasteiger partial charge is 0.157 e. The Morgan fingerprint density at radius 1 is 1.21 bits per heavy atom. The summed E-state index contributed by atoms with van der Waals surface area (Å²) in [5.74, 6) is 3.91. The topological polar surface area (TPSA) is 24.4 Å². The Bertz CT molecular complexity index is 342. The highest BCUT2D eigenvalue weighted by atomic mass is 32.2. The Kier molecular flexibility index (Phi) is 4.40. The van der Waals surface area contributed by atoms with Crippen LogP contribution in [0.15, 0.2) is 4.99 Å². The molecule has 5 unspecified atom stereocenters. The Morgan fingerprint density at radius 2 is 2.05 bits per heavy atom. The summed E-state index contributed by atoms with van der Waals surface area (Å²) in [4.78, 5) is 5.02. The van der Waals surface area contributed by atoms with Crippen LogP contribution in [0, 0.1) is 17.8 Å². The highest BCUT2D eigenvalue weighted by molar-refractivity contribution is 8.13. The number of nitrogens with one attached hydrogen (secondary N) is 1. The minimum atomic E-state index is 0.635. The fraction of sp³-hybridized carbons (Fsp3) is 0.938. The molecule has 0 saturated heterocycles. The maximum absolute atomic E-state index is 5.02. The summed E-state index contributed by atoms with van der Waals surface area (Å²) >= 11 is 1.99. The zero-order valence-corrected chi connectivity index (χ0v) is 13.2. The Labute approximate surface area is 122 Å². The largest absolute Gasteiger partial charge is 0.362 e. The van der Waals surface area contributed by atoms with Crippen molar-refractivity contribution in [3.63, 3.8) is 0 Å². The van der Waals surface area contributed by atoms with Gasteiger partial charge in [-0.25, -0.2) is 0 Å². The summed E-state index contributed by atoms with van der Waals surface area (Å²) in [6.45, 7) is 4.76. The van der Waals surface area contributed by atoms with E-state index < -0.39 is 0 Å². The molecule has 0 aromatic rings. The third-order valence-electron chi connectivity index (χ3n) is 5.65. The van der Waals surface area contributed by atoms with Crippen molar-refractivity contribution in [1.29, 1.82) is 0 Å². The zero-order chi connectivity index (χ0) is 13.2. The van der Waals surface area contributed by atoms with Gasteiger partial charge >= 0.3 is 0 Å². The highest BCUT2D eigenvalue weighted by Crippen LogP contribution is 2.36. The molecule has 0 aromatic heterocycles. The molecule has 0 amide bonds. The van der Waals surface area contributed by atoms with Gasteiger partial charge in [0, 0.05) is 11.8 Å². The molecular formula is C16H28N2S. The van der Waals surface area contributed by atoms with Gasteiger partial charge in [-0.1, -0.05) is 44.9 Å². The summed E-state index contributed by atoms with van der Waals surface area (Å²) in [5, 5.41) is 5.04. The fourth-order valence-corrected chi connectivity index (χ4v) is 5.40. The summed E-state index contributed by atoms with van der Waals surface area (Å²) in [6.07, 6.45) is 9.63. The van der Waals surface area contributed by atoms with Crippen molar-refractivity contribution < 1.29 is 0 Å². The zero-order valence-electron chi connectivity index (χ0n) is 12.4. The first-order valence-electron chi connectivity index (χ1n) is 8.25. The molecule has 2 aliphatic carbocycles. The van der Waals surface area contributed by atoms with E-state index in [-0.39, 0.29) is 0 Å². The lowest BCUT2D eigenvalue weighted by Gasteiger charge is -2.34. The molecule has 19 heavy (non-hydrogen) atoms. The normalized spacial score (nSPS) is 42.6. The molecule has 0 aromatic carbocycles. The Morgan fingerprint density at radius 3 is 2.84 bits per heavy atom. The molecular weight excluding hydrogens is 252 g/mol. The van der Waals surface area contributed by atoms with E-state index in [9.17, 15) is 0 Å². The van der Waals surface area contributed by atoms with Crippen molar-refractivity contribution >= 4 is 16.9 Å². The first-order valence-corrected chi connectivity index (χ1v) is 9.23. The van der Waals surface area contributed by atoms with Gasteiger partial charge in [-0.3, -0.25) is 4.99 Å². The van der Waals surface area contributed by atoms with Crippen molar-refractivity contribution in [2.24, 2.45) is 22.7 Å². The minimum Gasteiger partial charge on any atom is -0.362 e. The second-order valence-corrected chi connectivity index (χ2v) is 7.72. The average Bonchev–Trinajstić information content (AvgIpc) is 2.79. The molecule has 3 heteroatoms. The van der Waals surface area contributed by atoms with Crippen molar-refractivity contribution in [2.45, 2.75) is 70.9 Å². The third kappa shape index (κ3) is 2.96. The molecule has 1 N–H and O–H groups in total. The summed E-state index contributed by atoms with van der Waals surface area (Å²) in [7, 11) is 0. The molecule has 3 rings (SSSR count). The van der Waals surface area contributed by atoms with Crippen LogP contribution in [-0.4, -0.2) is 23.0 Å². The number of hydrogen-bond acceptors (Lipinski definition) is 3. The first kappa shape index (κ1) is 13.8. The summed E-state index contributed by atoms with van der Waals surface area (Å²) in [6, 6.07) is 1.31. The van der Waals surface area contributed by atoms with Crippen LogP contribution in [0.3, 0.4) is 0 Å². The average molecular weight is 280 g/mol. The van der Waals surface area contributed by atoms with E-state index in [1.54, 1.807) is 0 Å². The molecule has 108 valence electrons. The lowest BCUT2D eigenvalue weighted by molar-refractivity contribution is 0.333.